The monoisotopic (exact) mass is 307 g/mol. The van der Waals surface area contributed by atoms with Crippen molar-refractivity contribution >= 4 is 11.8 Å². The normalized spacial score (nSPS) is 22.4. The minimum atomic E-state index is 0.773. The SMILES string of the molecule is CCC1CCCCC1Sc1cccc(CNCCOC)c1. The number of thioether (sulfide) groups is 1. The van der Waals surface area contributed by atoms with E-state index in [0.29, 0.717) is 0 Å². The van der Waals surface area contributed by atoms with Gasteiger partial charge < -0.3 is 10.1 Å². The molecule has 118 valence electrons. The third-order valence-electron chi connectivity index (χ3n) is 4.36. The summed E-state index contributed by atoms with van der Waals surface area (Å²) in [5.74, 6) is 0.909. The Morgan fingerprint density at radius 1 is 1.29 bits per heavy atom. The van der Waals surface area contributed by atoms with Crippen LogP contribution in [0.1, 0.15) is 44.6 Å². The standard InChI is InChI=1S/C18H29NOS/c1-3-16-8-4-5-10-18(16)21-17-9-6-7-15(13-17)14-19-11-12-20-2/h6-7,9,13,16,18-19H,3-5,8,10-12,14H2,1-2H3. The topological polar surface area (TPSA) is 21.3 Å². The fourth-order valence-electron chi connectivity index (χ4n) is 3.11. The van der Waals surface area contributed by atoms with Gasteiger partial charge in [0.1, 0.15) is 0 Å². The highest BCUT2D eigenvalue weighted by atomic mass is 32.2. The largest absolute Gasteiger partial charge is 0.383 e. The maximum absolute atomic E-state index is 5.06. The van der Waals surface area contributed by atoms with E-state index < -0.39 is 0 Å². The van der Waals surface area contributed by atoms with Gasteiger partial charge in [-0.1, -0.05) is 38.3 Å². The predicted octanol–water partition coefficient (Wildman–Crippen LogP) is 4.48. The molecular weight excluding hydrogens is 278 g/mol. The van der Waals surface area contributed by atoms with Crippen LogP contribution < -0.4 is 5.32 Å². The van der Waals surface area contributed by atoms with Gasteiger partial charge in [0.2, 0.25) is 0 Å². The van der Waals surface area contributed by atoms with E-state index in [-0.39, 0.29) is 0 Å². The molecule has 0 radical (unpaired) electrons. The Balaban J connectivity index is 1.87. The van der Waals surface area contributed by atoms with Gasteiger partial charge in [-0.15, -0.1) is 11.8 Å². The number of ether oxygens (including phenoxy) is 1. The van der Waals surface area contributed by atoms with Crippen molar-refractivity contribution in [3.8, 4) is 0 Å². The van der Waals surface area contributed by atoms with E-state index in [2.05, 4.69) is 48.3 Å². The van der Waals surface area contributed by atoms with Crippen molar-refractivity contribution in [1.82, 2.24) is 5.32 Å². The second-order valence-corrected chi connectivity index (χ2v) is 7.24. The molecule has 1 saturated carbocycles. The lowest BCUT2D eigenvalue weighted by Crippen LogP contribution is -2.21. The Hall–Kier alpha value is -0.510. The Bertz CT molecular complexity index is 410. The average molecular weight is 308 g/mol. The fourth-order valence-corrected chi connectivity index (χ4v) is 4.64. The van der Waals surface area contributed by atoms with Gasteiger partial charge >= 0.3 is 0 Å². The molecule has 0 saturated heterocycles. The molecule has 1 aromatic carbocycles. The van der Waals surface area contributed by atoms with Crippen LogP contribution in [0.3, 0.4) is 0 Å². The zero-order valence-corrected chi connectivity index (χ0v) is 14.3. The number of nitrogens with one attached hydrogen (secondary N) is 1. The van der Waals surface area contributed by atoms with Gasteiger partial charge in [-0.3, -0.25) is 0 Å². The molecule has 0 bridgehead atoms. The molecule has 1 aliphatic carbocycles. The van der Waals surface area contributed by atoms with Crippen LogP contribution in [0, 0.1) is 5.92 Å². The molecule has 0 heterocycles. The number of rotatable bonds is 8. The summed E-state index contributed by atoms with van der Waals surface area (Å²) in [7, 11) is 1.74. The van der Waals surface area contributed by atoms with Crippen LogP contribution in [0.25, 0.3) is 0 Å². The summed E-state index contributed by atoms with van der Waals surface area (Å²) in [5, 5.41) is 4.24. The van der Waals surface area contributed by atoms with Gasteiger partial charge in [-0.25, -0.2) is 0 Å². The average Bonchev–Trinajstić information content (AvgIpc) is 2.52. The predicted molar refractivity (Wildman–Crippen MR) is 91.9 cm³/mol. The summed E-state index contributed by atoms with van der Waals surface area (Å²) < 4.78 is 5.06. The minimum absolute atomic E-state index is 0.773. The van der Waals surface area contributed by atoms with Crippen molar-refractivity contribution in [2.75, 3.05) is 20.3 Å². The molecule has 0 aliphatic heterocycles. The number of hydrogen-bond donors (Lipinski definition) is 1. The van der Waals surface area contributed by atoms with E-state index >= 15 is 0 Å². The molecule has 2 nitrogen and oxygen atoms in total. The molecule has 0 spiro atoms. The second-order valence-electron chi connectivity index (χ2n) is 5.93. The van der Waals surface area contributed by atoms with Gasteiger partial charge in [-0.05, 0) is 36.5 Å². The minimum Gasteiger partial charge on any atom is -0.383 e. The first-order valence-electron chi connectivity index (χ1n) is 8.28. The van der Waals surface area contributed by atoms with E-state index in [1.54, 1.807) is 7.11 Å². The zero-order valence-electron chi connectivity index (χ0n) is 13.4. The Labute approximate surface area is 134 Å². The van der Waals surface area contributed by atoms with Crippen LogP contribution in [0.2, 0.25) is 0 Å². The van der Waals surface area contributed by atoms with E-state index in [4.69, 9.17) is 4.74 Å². The second kappa shape index (κ2) is 9.50. The quantitative estimate of drug-likeness (QED) is 0.715. The highest BCUT2D eigenvalue weighted by Crippen LogP contribution is 2.39. The van der Waals surface area contributed by atoms with Crippen molar-refractivity contribution in [2.45, 2.75) is 55.7 Å². The van der Waals surface area contributed by atoms with Gasteiger partial charge in [0.25, 0.3) is 0 Å². The summed E-state index contributed by atoms with van der Waals surface area (Å²) in [6.45, 7) is 4.96. The molecule has 1 N–H and O–H groups in total. The van der Waals surface area contributed by atoms with Crippen LogP contribution >= 0.6 is 11.8 Å². The first-order valence-corrected chi connectivity index (χ1v) is 9.16. The van der Waals surface area contributed by atoms with Crippen molar-refractivity contribution in [2.24, 2.45) is 5.92 Å². The first-order chi connectivity index (χ1) is 10.3. The lowest BCUT2D eigenvalue weighted by atomic mass is 9.87. The molecule has 0 aromatic heterocycles. The van der Waals surface area contributed by atoms with E-state index in [1.165, 1.54) is 42.6 Å². The molecule has 1 fully saturated rings. The maximum atomic E-state index is 5.06. The van der Waals surface area contributed by atoms with Gasteiger partial charge in [0.05, 0.1) is 6.61 Å². The van der Waals surface area contributed by atoms with Crippen molar-refractivity contribution in [3.05, 3.63) is 29.8 Å². The molecule has 1 aromatic rings. The molecule has 1 aliphatic rings. The molecule has 2 rings (SSSR count). The molecular formula is C18H29NOS. The van der Waals surface area contributed by atoms with E-state index in [0.717, 1.165) is 30.9 Å². The van der Waals surface area contributed by atoms with Crippen molar-refractivity contribution < 1.29 is 4.74 Å². The van der Waals surface area contributed by atoms with Crippen LogP contribution in [-0.4, -0.2) is 25.5 Å². The Morgan fingerprint density at radius 3 is 2.95 bits per heavy atom. The third kappa shape index (κ3) is 5.65. The summed E-state index contributed by atoms with van der Waals surface area (Å²) in [6, 6.07) is 9.03. The summed E-state index contributed by atoms with van der Waals surface area (Å²) >= 11 is 2.10. The van der Waals surface area contributed by atoms with Crippen molar-refractivity contribution in [1.29, 1.82) is 0 Å². The summed E-state index contributed by atoms with van der Waals surface area (Å²) in [5.41, 5.74) is 1.37. The molecule has 21 heavy (non-hydrogen) atoms. The van der Waals surface area contributed by atoms with Crippen LogP contribution in [-0.2, 0) is 11.3 Å². The highest BCUT2D eigenvalue weighted by Gasteiger charge is 2.24. The van der Waals surface area contributed by atoms with E-state index in [1.807, 2.05) is 0 Å². The number of benzene rings is 1. The smallest absolute Gasteiger partial charge is 0.0587 e. The summed E-state index contributed by atoms with van der Waals surface area (Å²) in [4.78, 5) is 1.44. The number of methoxy groups -OCH3 is 1. The van der Waals surface area contributed by atoms with Crippen LogP contribution in [0.5, 0.6) is 0 Å². The highest BCUT2D eigenvalue weighted by molar-refractivity contribution is 8.00. The van der Waals surface area contributed by atoms with Crippen LogP contribution in [0.4, 0.5) is 0 Å². The van der Waals surface area contributed by atoms with Gasteiger partial charge in [-0.2, -0.15) is 0 Å². The van der Waals surface area contributed by atoms with Crippen LogP contribution in [0.15, 0.2) is 29.2 Å². The lowest BCUT2D eigenvalue weighted by molar-refractivity contribution is 0.199. The molecule has 2 unspecified atom stereocenters. The zero-order chi connectivity index (χ0) is 14.9. The lowest BCUT2D eigenvalue weighted by Gasteiger charge is -2.30. The molecule has 0 amide bonds. The van der Waals surface area contributed by atoms with E-state index in [9.17, 15) is 0 Å². The Morgan fingerprint density at radius 2 is 2.14 bits per heavy atom. The number of hydrogen-bond acceptors (Lipinski definition) is 3. The first kappa shape index (κ1) is 16.9. The molecule has 3 heteroatoms. The van der Waals surface area contributed by atoms with Gasteiger partial charge in [0.15, 0.2) is 0 Å². The third-order valence-corrected chi connectivity index (χ3v) is 5.81. The maximum Gasteiger partial charge on any atom is 0.0587 e. The van der Waals surface area contributed by atoms with Crippen molar-refractivity contribution in [3.63, 3.8) is 0 Å². The van der Waals surface area contributed by atoms with Gasteiger partial charge in [0, 0.05) is 30.3 Å². The fraction of sp³-hybridized carbons (Fsp3) is 0.667. The molecule has 2 atom stereocenters. The Kier molecular flexibility index (Phi) is 7.62. The summed E-state index contributed by atoms with van der Waals surface area (Å²) in [6.07, 6.45) is 6.98.